The van der Waals surface area contributed by atoms with E-state index < -0.39 is 0 Å². The highest BCUT2D eigenvalue weighted by molar-refractivity contribution is 5.84. The predicted octanol–water partition coefficient (Wildman–Crippen LogP) is 3.18. The number of nitrogens with two attached hydrogens (primary N) is 1. The molecule has 0 saturated heterocycles. The van der Waals surface area contributed by atoms with Crippen molar-refractivity contribution in [3.05, 3.63) is 72.1 Å². The van der Waals surface area contributed by atoms with Gasteiger partial charge in [0.2, 0.25) is 0 Å². The minimum atomic E-state index is -0.192. The largest absolute Gasteiger partial charge is 0.508 e. The van der Waals surface area contributed by atoms with Crippen molar-refractivity contribution >= 4 is 10.8 Å². The Hall–Kier alpha value is -2.39. The fourth-order valence-corrected chi connectivity index (χ4v) is 2.47. The third-order valence-electron chi connectivity index (χ3n) is 3.42. The Morgan fingerprint density at radius 2 is 1.90 bits per heavy atom. The van der Waals surface area contributed by atoms with Crippen LogP contribution < -0.4 is 5.73 Å². The zero-order valence-corrected chi connectivity index (χ0v) is 11.0. The number of aromatic hydroxyl groups is 1. The summed E-state index contributed by atoms with van der Waals surface area (Å²) in [7, 11) is 0. The second kappa shape index (κ2) is 5.31. The molecule has 3 rings (SSSR count). The summed E-state index contributed by atoms with van der Waals surface area (Å²) in [6.45, 7) is 0. The highest BCUT2D eigenvalue weighted by atomic mass is 16.3. The van der Waals surface area contributed by atoms with Crippen LogP contribution in [0.2, 0.25) is 0 Å². The second-order valence-corrected chi connectivity index (χ2v) is 4.90. The Morgan fingerprint density at radius 3 is 2.75 bits per heavy atom. The van der Waals surface area contributed by atoms with Gasteiger partial charge in [-0.25, -0.2) is 0 Å². The lowest BCUT2D eigenvalue weighted by Gasteiger charge is -2.14. The number of fused-ring (bicyclic) bond motifs is 1. The van der Waals surface area contributed by atoms with E-state index in [-0.39, 0.29) is 11.8 Å². The van der Waals surface area contributed by atoms with Gasteiger partial charge in [0.15, 0.2) is 0 Å². The summed E-state index contributed by atoms with van der Waals surface area (Å²) in [4.78, 5) is 4.44. The van der Waals surface area contributed by atoms with Crippen molar-refractivity contribution in [3.63, 3.8) is 0 Å². The molecule has 3 heteroatoms. The molecule has 1 atom stereocenters. The van der Waals surface area contributed by atoms with Gasteiger partial charge in [0.1, 0.15) is 5.75 Å². The van der Waals surface area contributed by atoms with E-state index in [4.69, 9.17) is 5.73 Å². The van der Waals surface area contributed by atoms with Gasteiger partial charge in [-0.15, -0.1) is 0 Å². The third kappa shape index (κ3) is 2.49. The first-order chi connectivity index (χ1) is 9.74. The summed E-state index contributed by atoms with van der Waals surface area (Å²) in [5, 5.41) is 11.7. The van der Waals surface area contributed by atoms with Crippen LogP contribution in [0.1, 0.15) is 17.3 Å². The Morgan fingerprint density at radius 1 is 1.05 bits per heavy atom. The molecule has 1 unspecified atom stereocenters. The van der Waals surface area contributed by atoms with Crippen molar-refractivity contribution in [2.24, 2.45) is 5.73 Å². The zero-order valence-electron chi connectivity index (χ0n) is 11.0. The molecule has 0 radical (unpaired) electrons. The fourth-order valence-electron chi connectivity index (χ4n) is 2.47. The topological polar surface area (TPSA) is 59.1 Å². The Labute approximate surface area is 117 Å². The first kappa shape index (κ1) is 12.6. The maximum Gasteiger partial charge on any atom is 0.115 e. The van der Waals surface area contributed by atoms with Crippen LogP contribution >= 0.6 is 0 Å². The van der Waals surface area contributed by atoms with Gasteiger partial charge in [-0.3, -0.25) is 4.98 Å². The number of benzene rings is 2. The Bertz CT molecular complexity index is 734. The Balaban J connectivity index is 1.94. The van der Waals surface area contributed by atoms with Crippen LogP contribution in [0.15, 0.2) is 60.8 Å². The molecule has 1 heterocycles. The number of rotatable bonds is 3. The SMILES string of the molecule is NC(Cc1cccc(O)c1)c1nccc2ccccc12. The smallest absolute Gasteiger partial charge is 0.115 e. The molecule has 3 aromatic rings. The average Bonchev–Trinajstić information content (AvgIpc) is 2.46. The molecule has 0 aliphatic heterocycles. The first-order valence-electron chi connectivity index (χ1n) is 6.61. The van der Waals surface area contributed by atoms with Gasteiger partial charge in [0.25, 0.3) is 0 Å². The van der Waals surface area contributed by atoms with E-state index in [1.807, 2.05) is 36.4 Å². The van der Waals surface area contributed by atoms with E-state index in [1.54, 1.807) is 18.3 Å². The van der Waals surface area contributed by atoms with Crippen molar-refractivity contribution in [1.29, 1.82) is 0 Å². The van der Waals surface area contributed by atoms with Gasteiger partial charge in [-0.2, -0.15) is 0 Å². The summed E-state index contributed by atoms with van der Waals surface area (Å²) in [6.07, 6.45) is 2.44. The number of hydrogen-bond acceptors (Lipinski definition) is 3. The van der Waals surface area contributed by atoms with Gasteiger partial charge >= 0.3 is 0 Å². The molecule has 3 N–H and O–H groups in total. The monoisotopic (exact) mass is 264 g/mol. The van der Waals surface area contributed by atoms with Crippen LogP contribution in [-0.2, 0) is 6.42 Å². The minimum absolute atomic E-state index is 0.192. The van der Waals surface area contributed by atoms with Crippen LogP contribution in [-0.4, -0.2) is 10.1 Å². The van der Waals surface area contributed by atoms with Crippen molar-refractivity contribution in [3.8, 4) is 5.75 Å². The maximum absolute atomic E-state index is 9.51. The highest BCUT2D eigenvalue weighted by Gasteiger charge is 2.12. The van der Waals surface area contributed by atoms with Crippen molar-refractivity contribution in [1.82, 2.24) is 4.98 Å². The van der Waals surface area contributed by atoms with Crippen LogP contribution in [0, 0.1) is 0 Å². The van der Waals surface area contributed by atoms with Crippen molar-refractivity contribution in [2.75, 3.05) is 0 Å². The summed E-state index contributed by atoms with van der Waals surface area (Å²) < 4.78 is 0. The van der Waals surface area contributed by atoms with E-state index in [9.17, 15) is 5.11 Å². The quantitative estimate of drug-likeness (QED) is 0.763. The van der Waals surface area contributed by atoms with Crippen LogP contribution in [0.25, 0.3) is 10.8 Å². The molecule has 0 spiro atoms. The van der Waals surface area contributed by atoms with E-state index in [2.05, 4.69) is 11.1 Å². The molecule has 0 bridgehead atoms. The summed E-state index contributed by atoms with van der Waals surface area (Å²) >= 11 is 0. The lowest BCUT2D eigenvalue weighted by Crippen LogP contribution is -2.15. The molecule has 100 valence electrons. The minimum Gasteiger partial charge on any atom is -0.508 e. The number of nitrogens with zero attached hydrogens (tertiary/aromatic N) is 1. The standard InChI is InChI=1S/C17H16N2O/c18-16(11-12-4-3-6-14(20)10-12)17-15-7-2-1-5-13(15)8-9-19-17/h1-10,16,20H,11,18H2. The highest BCUT2D eigenvalue weighted by Crippen LogP contribution is 2.24. The van der Waals surface area contributed by atoms with Gasteiger partial charge in [-0.05, 0) is 35.6 Å². The van der Waals surface area contributed by atoms with E-state index in [0.717, 1.165) is 22.0 Å². The molecule has 2 aromatic carbocycles. The molecule has 3 nitrogen and oxygen atoms in total. The molecule has 0 amide bonds. The normalized spacial score (nSPS) is 12.4. The molecule has 0 aliphatic rings. The fraction of sp³-hybridized carbons (Fsp3) is 0.118. The van der Waals surface area contributed by atoms with Gasteiger partial charge in [0.05, 0.1) is 11.7 Å². The van der Waals surface area contributed by atoms with Crippen LogP contribution in [0.5, 0.6) is 5.75 Å². The summed E-state index contributed by atoms with van der Waals surface area (Å²) in [6, 6.07) is 17.1. The summed E-state index contributed by atoms with van der Waals surface area (Å²) in [5.74, 6) is 0.264. The lowest BCUT2D eigenvalue weighted by atomic mass is 9.99. The lowest BCUT2D eigenvalue weighted by molar-refractivity contribution is 0.474. The van der Waals surface area contributed by atoms with Gasteiger partial charge in [-0.1, -0.05) is 36.4 Å². The van der Waals surface area contributed by atoms with Crippen molar-refractivity contribution in [2.45, 2.75) is 12.5 Å². The number of phenols is 1. The van der Waals surface area contributed by atoms with E-state index >= 15 is 0 Å². The molecular formula is C17H16N2O. The van der Waals surface area contributed by atoms with E-state index in [1.165, 1.54) is 0 Å². The number of aromatic nitrogens is 1. The molecule has 0 fully saturated rings. The zero-order chi connectivity index (χ0) is 13.9. The number of hydrogen-bond donors (Lipinski definition) is 2. The Kier molecular flexibility index (Phi) is 3.35. The molecule has 0 aliphatic carbocycles. The molecule has 20 heavy (non-hydrogen) atoms. The summed E-state index contributed by atoms with van der Waals surface area (Å²) in [5.41, 5.74) is 8.20. The van der Waals surface area contributed by atoms with Gasteiger partial charge < -0.3 is 10.8 Å². The van der Waals surface area contributed by atoms with Crippen LogP contribution in [0.3, 0.4) is 0 Å². The second-order valence-electron chi connectivity index (χ2n) is 4.90. The van der Waals surface area contributed by atoms with Gasteiger partial charge in [0, 0.05) is 11.6 Å². The number of phenolic OH excluding ortho intramolecular Hbond substituents is 1. The first-order valence-corrected chi connectivity index (χ1v) is 6.61. The molecule has 1 aromatic heterocycles. The third-order valence-corrected chi connectivity index (χ3v) is 3.42. The van der Waals surface area contributed by atoms with Crippen LogP contribution in [0.4, 0.5) is 0 Å². The van der Waals surface area contributed by atoms with Crippen molar-refractivity contribution < 1.29 is 5.11 Å². The predicted molar refractivity (Wildman–Crippen MR) is 80.5 cm³/mol. The number of pyridine rings is 1. The molecular weight excluding hydrogens is 248 g/mol. The average molecular weight is 264 g/mol. The van der Waals surface area contributed by atoms with E-state index in [0.29, 0.717) is 6.42 Å². The maximum atomic E-state index is 9.51. The molecule has 0 saturated carbocycles.